The minimum absolute atomic E-state index is 0.218. The zero-order valence-electron chi connectivity index (χ0n) is 11.7. The molecule has 1 amide bonds. The summed E-state index contributed by atoms with van der Waals surface area (Å²) in [7, 11) is 1.57. The SMILES string of the molecule is CNC(=O)c1c(N)nsc1NCCCOCC(C)C. The molecule has 1 aromatic rings. The van der Waals surface area contributed by atoms with Crippen LogP contribution in [-0.4, -0.2) is 37.1 Å². The summed E-state index contributed by atoms with van der Waals surface area (Å²) in [4.78, 5) is 11.6. The Kier molecular flexibility index (Phi) is 6.58. The number of carbonyl (C=O) groups excluding carboxylic acids is 1. The summed E-state index contributed by atoms with van der Waals surface area (Å²) in [5, 5.41) is 6.44. The Bertz CT molecular complexity index is 406. The van der Waals surface area contributed by atoms with Gasteiger partial charge in [0.1, 0.15) is 10.6 Å². The lowest BCUT2D eigenvalue weighted by molar-refractivity contribution is 0.0965. The first-order valence-corrected chi connectivity index (χ1v) is 7.12. The summed E-state index contributed by atoms with van der Waals surface area (Å²) < 4.78 is 9.47. The fourth-order valence-electron chi connectivity index (χ4n) is 1.46. The summed E-state index contributed by atoms with van der Waals surface area (Å²) in [6.45, 7) is 6.44. The second kappa shape index (κ2) is 7.96. The first-order chi connectivity index (χ1) is 9.06. The Hall–Kier alpha value is -1.34. The van der Waals surface area contributed by atoms with Crippen LogP contribution in [0.1, 0.15) is 30.6 Å². The van der Waals surface area contributed by atoms with Crippen molar-refractivity contribution in [2.75, 3.05) is 37.9 Å². The standard InChI is InChI=1S/C12H22N4O2S/c1-8(2)7-18-6-4-5-15-12-9(11(17)14-3)10(13)16-19-12/h8,15H,4-7H2,1-3H3,(H2,13,16)(H,14,17). The largest absolute Gasteiger partial charge is 0.382 e. The molecule has 6 nitrogen and oxygen atoms in total. The molecule has 0 unspecified atom stereocenters. The van der Waals surface area contributed by atoms with Crippen molar-refractivity contribution in [3.05, 3.63) is 5.56 Å². The normalized spacial score (nSPS) is 10.7. The summed E-state index contributed by atoms with van der Waals surface area (Å²) in [6.07, 6.45) is 0.873. The number of nitrogen functional groups attached to an aromatic ring is 1. The number of nitrogens with zero attached hydrogens (tertiary/aromatic N) is 1. The van der Waals surface area contributed by atoms with Crippen LogP contribution in [0.25, 0.3) is 0 Å². The Labute approximate surface area is 117 Å². The van der Waals surface area contributed by atoms with Gasteiger partial charge < -0.3 is 21.1 Å². The Morgan fingerprint density at radius 1 is 1.53 bits per heavy atom. The summed E-state index contributed by atoms with van der Waals surface area (Å²) >= 11 is 1.20. The van der Waals surface area contributed by atoms with Crippen LogP contribution in [0, 0.1) is 5.92 Å². The van der Waals surface area contributed by atoms with Crippen molar-refractivity contribution < 1.29 is 9.53 Å². The smallest absolute Gasteiger partial charge is 0.257 e. The average molecular weight is 286 g/mol. The third kappa shape index (κ3) is 5.04. The van der Waals surface area contributed by atoms with Gasteiger partial charge in [-0.15, -0.1) is 0 Å². The molecule has 1 rings (SSSR count). The number of hydrogen-bond acceptors (Lipinski definition) is 6. The van der Waals surface area contributed by atoms with E-state index in [-0.39, 0.29) is 11.7 Å². The molecule has 0 bridgehead atoms. The minimum Gasteiger partial charge on any atom is -0.382 e. The van der Waals surface area contributed by atoms with Gasteiger partial charge in [-0.05, 0) is 23.9 Å². The molecule has 0 aromatic carbocycles. The van der Waals surface area contributed by atoms with Crippen LogP contribution in [0.15, 0.2) is 0 Å². The van der Waals surface area contributed by atoms with Crippen molar-refractivity contribution in [2.45, 2.75) is 20.3 Å². The second-order valence-electron chi connectivity index (χ2n) is 4.60. The maximum atomic E-state index is 11.6. The number of nitrogens with two attached hydrogens (primary N) is 1. The van der Waals surface area contributed by atoms with Crippen LogP contribution in [0.4, 0.5) is 10.8 Å². The maximum absolute atomic E-state index is 11.6. The van der Waals surface area contributed by atoms with Gasteiger partial charge in [-0.2, -0.15) is 4.37 Å². The highest BCUT2D eigenvalue weighted by molar-refractivity contribution is 7.11. The van der Waals surface area contributed by atoms with Crippen molar-refractivity contribution in [3.8, 4) is 0 Å². The van der Waals surface area contributed by atoms with E-state index in [1.165, 1.54) is 11.5 Å². The summed E-state index contributed by atoms with van der Waals surface area (Å²) in [5.74, 6) is 0.599. The van der Waals surface area contributed by atoms with Gasteiger partial charge in [-0.1, -0.05) is 13.8 Å². The van der Waals surface area contributed by atoms with E-state index in [0.717, 1.165) is 19.6 Å². The van der Waals surface area contributed by atoms with Crippen LogP contribution < -0.4 is 16.4 Å². The van der Waals surface area contributed by atoms with Crippen LogP contribution in [0.2, 0.25) is 0 Å². The summed E-state index contributed by atoms with van der Waals surface area (Å²) in [5.41, 5.74) is 6.10. The predicted octanol–water partition coefficient (Wildman–Crippen LogP) is 1.56. The molecule has 0 aliphatic carbocycles. The van der Waals surface area contributed by atoms with Crippen molar-refractivity contribution >= 4 is 28.3 Å². The monoisotopic (exact) mass is 286 g/mol. The van der Waals surface area contributed by atoms with E-state index in [1.54, 1.807) is 7.05 Å². The number of anilines is 2. The Morgan fingerprint density at radius 2 is 2.26 bits per heavy atom. The number of nitrogens with one attached hydrogen (secondary N) is 2. The van der Waals surface area contributed by atoms with Gasteiger partial charge in [-0.25, -0.2) is 0 Å². The molecular weight excluding hydrogens is 264 g/mol. The number of carbonyl (C=O) groups is 1. The van der Waals surface area contributed by atoms with Gasteiger partial charge >= 0.3 is 0 Å². The second-order valence-corrected chi connectivity index (χ2v) is 5.37. The van der Waals surface area contributed by atoms with Crippen LogP contribution in [0.5, 0.6) is 0 Å². The van der Waals surface area contributed by atoms with E-state index in [4.69, 9.17) is 10.5 Å². The number of aromatic nitrogens is 1. The fraction of sp³-hybridized carbons (Fsp3) is 0.667. The molecule has 0 atom stereocenters. The van der Waals surface area contributed by atoms with E-state index in [0.29, 0.717) is 23.1 Å². The molecule has 0 spiro atoms. The van der Waals surface area contributed by atoms with Crippen molar-refractivity contribution in [2.24, 2.45) is 5.92 Å². The van der Waals surface area contributed by atoms with Gasteiger partial charge in [0.15, 0.2) is 5.82 Å². The van der Waals surface area contributed by atoms with Crippen LogP contribution in [-0.2, 0) is 4.74 Å². The van der Waals surface area contributed by atoms with Gasteiger partial charge in [0, 0.05) is 26.8 Å². The zero-order valence-corrected chi connectivity index (χ0v) is 12.5. The maximum Gasteiger partial charge on any atom is 0.257 e. The quantitative estimate of drug-likeness (QED) is 0.631. The molecule has 0 saturated heterocycles. The molecule has 1 aromatic heterocycles. The lowest BCUT2D eigenvalue weighted by Gasteiger charge is -2.08. The highest BCUT2D eigenvalue weighted by Crippen LogP contribution is 2.26. The first kappa shape index (κ1) is 15.7. The third-order valence-electron chi connectivity index (χ3n) is 2.37. The number of hydrogen-bond donors (Lipinski definition) is 3. The van der Waals surface area contributed by atoms with E-state index in [1.807, 2.05) is 0 Å². The number of ether oxygens (including phenoxy) is 1. The lowest BCUT2D eigenvalue weighted by Crippen LogP contribution is -2.20. The number of amides is 1. The van der Waals surface area contributed by atoms with Crippen molar-refractivity contribution in [3.63, 3.8) is 0 Å². The molecule has 0 radical (unpaired) electrons. The van der Waals surface area contributed by atoms with Gasteiger partial charge in [-0.3, -0.25) is 4.79 Å². The van der Waals surface area contributed by atoms with Crippen molar-refractivity contribution in [1.82, 2.24) is 9.69 Å². The van der Waals surface area contributed by atoms with E-state index >= 15 is 0 Å². The number of rotatable bonds is 8. The van der Waals surface area contributed by atoms with Crippen molar-refractivity contribution in [1.29, 1.82) is 0 Å². The van der Waals surface area contributed by atoms with E-state index in [9.17, 15) is 4.79 Å². The third-order valence-corrected chi connectivity index (χ3v) is 3.19. The zero-order chi connectivity index (χ0) is 14.3. The van der Waals surface area contributed by atoms with E-state index in [2.05, 4.69) is 28.9 Å². The van der Waals surface area contributed by atoms with Gasteiger partial charge in [0.05, 0.1) is 0 Å². The highest BCUT2D eigenvalue weighted by Gasteiger charge is 2.17. The molecule has 0 aliphatic rings. The lowest BCUT2D eigenvalue weighted by atomic mass is 10.2. The minimum atomic E-state index is -0.218. The molecule has 0 aliphatic heterocycles. The van der Waals surface area contributed by atoms with Crippen LogP contribution >= 0.6 is 11.5 Å². The van der Waals surface area contributed by atoms with Gasteiger partial charge in [0.25, 0.3) is 5.91 Å². The fourth-order valence-corrected chi connectivity index (χ4v) is 2.20. The molecule has 4 N–H and O–H groups in total. The predicted molar refractivity (Wildman–Crippen MR) is 78.7 cm³/mol. The molecular formula is C12H22N4O2S. The Morgan fingerprint density at radius 3 is 2.89 bits per heavy atom. The van der Waals surface area contributed by atoms with Crippen LogP contribution in [0.3, 0.4) is 0 Å². The molecule has 0 saturated carbocycles. The van der Waals surface area contributed by atoms with E-state index < -0.39 is 0 Å². The highest BCUT2D eigenvalue weighted by atomic mass is 32.1. The molecule has 108 valence electrons. The first-order valence-electron chi connectivity index (χ1n) is 6.35. The summed E-state index contributed by atoms with van der Waals surface area (Å²) in [6, 6.07) is 0. The molecule has 1 heterocycles. The van der Waals surface area contributed by atoms with Gasteiger partial charge in [0.2, 0.25) is 0 Å². The molecule has 7 heteroatoms. The molecule has 0 fully saturated rings. The average Bonchev–Trinajstić information content (AvgIpc) is 2.73. The molecule has 19 heavy (non-hydrogen) atoms. The topological polar surface area (TPSA) is 89.3 Å². The Balaban J connectivity index is 2.35.